The maximum atomic E-state index is 12.9. The van der Waals surface area contributed by atoms with E-state index < -0.39 is 21.8 Å². The summed E-state index contributed by atoms with van der Waals surface area (Å²) < 4.78 is 67.5. The predicted molar refractivity (Wildman–Crippen MR) is 104 cm³/mol. The van der Waals surface area contributed by atoms with E-state index in [-0.39, 0.29) is 18.0 Å². The van der Waals surface area contributed by atoms with Crippen LogP contribution in [0, 0.1) is 0 Å². The van der Waals surface area contributed by atoms with Gasteiger partial charge < -0.3 is 9.47 Å². The number of piperazine rings is 1. The highest BCUT2D eigenvalue weighted by atomic mass is 32.2. The van der Waals surface area contributed by atoms with Crippen molar-refractivity contribution in [2.24, 2.45) is 0 Å². The normalized spacial score (nSPS) is 16.0. The molecule has 0 amide bonds. The third-order valence-corrected chi connectivity index (χ3v) is 6.76. The number of rotatable bonds is 4. The standard InChI is InChI=1S/C19H18F3N5O2S/c20-19(21,22)15-4-3-5-16(12-15)30(28,29)27-10-8-26(9-11-27)18-13-17(23-14-24-18)25-6-1-2-7-25/h1-7,12-14H,8-11H2. The Balaban J connectivity index is 1.49. The molecule has 3 aromatic rings. The SMILES string of the molecule is O=S(=O)(c1cccc(C(F)(F)F)c1)N1CCN(c2cc(-n3cccc3)ncn2)CC1. The van der Waals surface area contributed by atoms with Crippen LogP contribution in [0.4, 0.5) is 19.0 Å². The van der Waals surface area contributed by atoms with Gasteiger partial charge in [-0.3, -0.25) is 0 Å². The molecular formula is C19H18F3N5O2S. The van der Waals surface area contributed by atoms with Crippen molar-refractivity contribution < 1.29 is 21.6 Å². The minimum Gasteiger partial charge on any atom is -0.354 e. The highest BCUT2D eigenvalue weighted by Crippen LogP contribution is 2.31. The van der Waals surface area contributed by atoms with E-state index in [0.29, 0.717) is 30.8 Å². The summed E-state index contributed by atoms with van der Waals surface area (Å²) in [7, 11) is -4.02. The molecule has 7 nitrogen and oxygen atoms in total. The Morgan fingerprint density at radius 1 is 0.867 bits per heavy atom. The molecule has 4 rings (SSSR count). The number of anilines is 1. The molecule has 0 unspecified atom stereocenters. The van der Waals surface area contributed by atoms with Gasteiger partial charge >= 0.3 is 6.18 Å². The number of halogens is 3. The molecule has 0 N–H and O–H groups in total. The molecule has 2 aromatic heterocycles. The Kier molecular flexibility index (Phi) is 5.24. The Morgan fingerprint density at radius 2 is 1.53 bits per heavy atom. The molecule has 158 valence electrons. The summed E-state index contributed by atoms with van der Waals surface area (Å²) in [5.74, 6) is 1.34. The highest BCUT2D eigenvalue weighted by Gasteiger charge is 2.34. The van der Waals surface area contributed by atoms with Crippen molar-refractivity contribution in [3.8, 4) is 5.82 Å². The molecule has 1 fully saturated rings. The Morgan fingerprint density at radius 3 is 2.20 bits per heavy atom. The molecule has 0 saturated carbocycles. The number of aromatic nitrogens is 3. The largest absolute Gasteiger partial charge is 0.416 e. The van der Waals surface area contributed by atoms with Crippen LogP contribution in [0.3, 0.4) is 0 Å². The van der Waals surface area contributed by atoms with E-state index in [1.807, 2.05) is 34.0 Å². The summed E-state index contributed by atoms with van der Waals surface area (Å²) in [6, 6.07) is 9.37. The third-order valence-electron chi connectivity index (χ3n) is 4.87. The van der Waals surface area contributed by atoms with Crippen molar-refractivity contribution in [1.82, 2.24) is 18.8 Å². The number of alkyl halides is 3. The van der Waals surface area contributed by atoms with Crippen molar-refractivity contribution in [3.05, 3.63) is 66.7 Å². The number of hydrogen-bond donors (Lipinski definition) is 0. The second-order valence-corrected chi connectivity index (χ2v) is 8.68. The van der Waals surface area contributed by atoms with E-state index in [1.165, 1.54) is 16.7 Å². The minimum atomic E-state index is -4.60. The van der Waals surface area contributed by atoms with Gasteiger partial charge in [-0.25, -0.2) is 18.4 Å². The molecule has 11 heteroatoms. The first-order valence-corrected chi connectivity index (χ1v) is 10.6. The number of sulfonamides is 1. The molecule has 0 bridgehead atoms. The number of benzene rings is 1. The molecule has 1 saturated heterocycles. The van der Waals surface area contributed by atoms with Gasteiger partial charge in [0.1, 0.15) is 18.0 Å². The Labute approximate surface area is 171 Å². The number of hydrogen-bond acceptors (Lipinski definition) is 5. The first-order chi connectivity index (χ1) is 14.2. The Bertz CT molecular complexity index is 1130. The average molecular weight is 437 g/mol. The molecule has 1 aromatic carbocycles. The minimum absolute atomic E-state index is 0.140. The molecule has 0 atom stereocenters. The van der Waals surface area contributed by atoms with Gasteiger partial charge in [0, 0.05) is 44.6 Å². The van der Waals surface area contributed by atoms with E-state index >= 15 is 0 Å². The van der Waals surface area contributed by atoms with Gasteiger partial charge in [0.05, 0.1) is 10.5 Å². The van der Waals surface area contributed by atoms with Crippen LogP contribution in [0.1, 0.15) is 5.56 Å². The second-order valence-electron chi connectivity index (χ2n) is 6.74. The lowest BCUT2D eigenvalue weighted by atomic mass is 10.2. The molecule has 3 heterocycles. The topological polar surface area (TPSA) is 71.3 Å². The summed E-state index contributed by atoms with van der Waals surface area (Å²) in [6.45, 7) is 1.00. The van der Waals surface area contributed by atoms with Gasteiger partial charge in [-0.05, 0) is 30.3 Å². The monoisotopic (exact) mass is 437 g/mol. The van der Waals surface area contributed by atoms with Gasteiger partial charge in [-0.1, -0.05) is 6.07 Å². The lowest BCUT2D eigenvalue weighted by Gasteiger charge is -2.34. The van der Waals surface area contributed by atoms with Crippen molar-refractivity contribution in [2.45, 2.75) is 11.1 Å². The van der Waals surface area contributed by atoms with Crippen molar-refractivity contribution in [2.75, 3.05) is 31.1 Å². The van der Waals surface area contributed by atoms with Gasteiger partial charge in [-0.2, -0.15) is 17.5 Å². The van der Waals surface area contributed by atoms with Crippen LogP contribution < -0.4 is 4.90 Å². The maximum absolute atomic E-state index is 12.9. The first kappa shape index (κ1) is 20.4. The summed E-state index contributed by atoms with van der Waals surface area (Å²) in [5.41, 5.74) is -0.985. The lowest BCUT2D eigenvalue weighted by Crippen LogP contribution is -2.49. The fourth-order valence-electron chi connectivity index (χ4n) is 3.28. The molecule has 30 heavy (non-hydrogen) atoms. The zero-order chi connectivity index (χ0) is 21.4. The van der Waals surface area contributed by atoms with E-state index in [2.05, 4.69) is 9.97 Å². The van der Waals surface area contributed by atoms with Gasteiger partial charge in [0.2, 0.25) is 10.0 Å². The predicted octanol–water partition coefficient (Wildman–Crippen LogP) is 2.80. The van der Waals surface area contributed by atoms with Crippen molar-refractivity contribution in [1.29, 1.82) is 0 Å². The van der Waals surface area contributed by atoms with Crippen molar-refractivity contribution >= 4 is 15.8 Å². The van der Waals surface area contributed by atoms with E-state index in [1.54, 1.807) is 6.07 Å². The van der Waals surface area contributed by atoms with Crippen LogP contribution in [-0.4, -0.2) is 53.4 Å². The third kappa shape index (κ3) is 4.03. The molecule has 1 aliphatic heterocycles. The van der Waals surface area contributed by atoms with Gasteiger partial charge in [0.25, 0.3) is 0 Å². The van der Waals surface area contributed by atoms with Gasteiger partial charge in [-0.15, -0.1) is 0 Å². The van der Waals surface area contributed by atoms with Crippen LogP contribution in [0.15, 0.2) is 66.1 Å². The van der Waals surface area contributed by atoms with Crippen molar-refractivity contribution in [3.63, 3.8) is 0 Å². The maximum Gasteiger partial charge on any atom is 0.416 e. The quantitative estimate of drug-likeness (QED) is 0.628. The lowest BCUT2D eigenvalue weighted by molar-refractivity contribution is -0.137. The molecule has 0 radical (unpaired) electrons. The first-order valence-electron chi connectivity index (χ1n) is 9.13. The molecule has 0 spiro atoms. The fraction of sp³-hybridized carbons (Fsp3) is 0.263. The van der Waals surface area contributed by atoms with Crippen LogP contribution in [-0.2, 0) is 16.2 Å². The molecule has 0 aliphatic carbocycles. The summed E-state index contributed by atoms with van der Waals surface area (Å²) in [4.78, 5) is 10.1. The van der Waals surface area contributed by atoms with E-state index in [4.69, 9.17) is 0 Å². The molecule has 1 aliphatic rings. The summed E-state index contributed by atoms with van der Waals surface area (Å²) in [5, 5.41) is 0. The summed E-state index contributed by atoms with van der Waals surface area (Å²) >= 11 is 0. The van der Waals surface area contributed by atoms with Gasteiger partial charge in [0.15, 0.2) is 0 Å². The van der Waals surface area contributed by atoms with Crippen LogP contribution in [0.2, 0.25) is 0 Å². The smallest absolute Gasteiger partial charge is 0.354 e. The van der Waals surface area contributed by atoms with Crippen LogP contribution >= 0.6 is 0 Å². The average Bonchev–Trinajstić information content (AvgIpc) is 3.28. The van der Waals surface area contributed by atoms with E-state index in [9.17, 15) is 21.6 Å². The van der Waals surface area contributed by atoms with E-state index in [0.717, 1.165) is 12.1 Å². The molecular weight excluding hydrogens is 419 g/mol. The zero-order valence-corrected chi connectivity index (χ0v) is 16.5. The zero-order valence-electron chi connectivity index (χ0n) is 15.7. The fourth-order valence-corrected chi connectivity index (χ4v) is 4.75. The second kappa shape index (κ2) is 7.73. The highest BCUT2D eigenvalue weighted by molar-refractivity contribution is 7.89. The van der Waals surface area contributed by atoms with Crippen LogP contribution in [0.25, 0.3) is 5.82 Å². The number of nitrogens with zero attached hydrogens (tertiary/aromatic N) is 5. The van der Waals surface area contributed by atoms with Crippen LogP contribution in [0.5, 0.6) is 0 Å². The summed E-state index contributed by atoms with van der Waals surface area (Å²) in [6.07, 6.45) is 0.544. The Hall–Kier alpha value is -2.92.